The van der Waals surface area contributed by atoms with Crippen LogP contribution in [0.2, 0.25) is 0 Å². The third-order valence-electron chi connectivity index (χ3n) is 1.81. The van der Waals surface area contributed by atoms with Gasteiger partial charge in [0.2, 0.25) is 0 Å². The first-order chi connectivity index (χ1) is 8.15. The lowest BCUT2D eigenvalue weighted by Crippen LogP contribution is -2.44. The van der Waals surface area contributed by atoms with E-state index in [1.165, 1.54) is 0 Å². The SMILES string of the molecule is COC(=O)[C@H](CCC(=O)[O-])NC(=O)OC(C)(C)C. The van der Waals surface area contributed by atoms with Gasteiger partial charge in [0.25, 0.3) is 0 Å². The Labute approximate surface area is 105 Å². The smallest absolute Gasteiger partial charge is 0.408 e. The number of carbonyl (C=O) groups is 3. The van der Waals surface area contributed by atoms with Crippen molar-refractivity contribution < 1.29 is 29.0 Å². The van der Waals surface area contributed by atoms with E-state index in [4.69, 9.17) is 4.74 Å². The number of carboxylic acids is 1. The van der Waals surface area contributed by atoms with Crippen molar-refractivity contribution in [2.24, 2.45) is 0 Å². The molecule has 0 aromatic carbocycles. The van der Waals surface area contributed by atoms with Crippen LogP contribution in [0.5, 0.6) is 0 Å². The first-order valence-electron chi connectivity index (χ1n) is 5.43. The molecule has 0 rings (SSSR count). The second-order valence-electron chi connectivity index (χ2n) is 4.63. The van der Waals surface area contributed by atoms with Gasteiger partial charge in [-0.25, -0.2) is 9.59 Å². The zero-order chi connectivity index (χ0) is 14.3. The zero-order valence-corrected chi connectivity index (χ0v) is 10.9. The van der Waals surface area contributed by atoms with Crippen molar-refractivity contribution in [1.82, 2.24) is 5.32 Å². The van der Waals surface area contributed by atoms with Crippen LogP contribution in [-0.2, 0) is 19.1 Å². The molecule has 0 heterocycles. The number of hydrogen-bond acceptors (Lipinski definition) is 6. The van der Waals surface area contributed by atoms with Gasteiger partial charge in [0.1, 0.15) is 11.6 Å². The number of rotatable bonds is 5. The van der Waals surface area contributed by atoms with Crippen LogP contribution >= 0.6 is 0 Å². The Morgan fingerprint density at radius 1 is 1.28 bits per heavy atom. The van der Waals surface area contributed by atoms with Gasteiger partial charge in [-0.1, -0.05) is 0 Å². The molecule has 1 atom stereocenters. The fourth-order valence-corrected chi connectivity index (χ4v) is 1.10. The molecule has 0 radical (unpaired) electrons. The van der Waals surface area contributed by atoms with Crippen LogP contribution in [0.3, 0.4) is 0 Å². The highest BCUT2D eigenvalue weighted by Crippen LogP contribution is 2.08. The summed E-state index contributed by atoms with van der Waals surface area (Å²) in [7, 11) is 1.14. The lowest BCUT2D eigenvalue weighted by Gasteiger charge is -2.22. The summed E-state index contributed by atoms with van der Waals surface area (Å²) in [6.45, 7) is 5.00. The number of hydrogen-bond donors (Lipinski definition) is 1. The van der Waals surface area contributed by atoms with E-state index < -0.39 is 29.7 Å². The summed E-state index contributed by atoms with van der Waals surface area (Å²) in [5.41, 5.74) is -0.709. The van der Waals surface area contributed by atoms with Gasteiger partial charge in [0, 0.05) is 5.97 Å². The van der Waals surface area contributed by atoms with Crippen molar-refractivity contribution in [2.75, 3.05) is 7.11 Å². The summed E-state index contributed by atoms with van der Waals surface area (Å²) in [6.07, 6.45) is -1.29. The van der Waals surface area contributed by atoms with Crippen LogP contribution in [-0.4, -0.2) is 36.8 Å². The van der Waals surface area contributed by atoms with Gasteiger partial charge >= 0.3 is 12.1 Å². The van der Waals surface area contributed by atoms with Gasteiger partial charge in [-0.05, 0) is 33.6 Å². The molecule has 1 N–H and O–H groups in total. The fraction of sp³-hybridized carbons (Fsp3) is 0.727. The molecular formula is C11H18NO6-. The normalized spacial score (nSPS) is 12.4. The highest BCUT2D eigenvalue weighted by atomic mass is 16.6. The van der Waals surface area contributed by atoms with E-state index in [2.05, 4.69) is 10.1 Å². The van der Waals surface area contributed by atoms with E-state index >= 15 is 0 Å². The highest BCUT2D eigenvalue weighted by Gasteiger charge is 2.24. The average Bonchev–Trinajstić information content (AvgIpc) is 2.20. The number of amides is 1. The molecule has 0 unspecified atom stereocenters. The van der Waals surface area contributed by atoms with Crippen LogP contribution in [0.15, 0.2) is 0 Å². The van der Waals surface area contributed by atoms with Crippen molar-refractivity contribution in [3.63, 3.8) is 0 Å². The molecule has 0 aromatic rings. The van der Waals surface area contributed by atoms with E-state index in [0.29, 0.717) is 0 Å². The molecule has 18 heavy (non-hydrogen) atoms. The van der Waals surface area contributed by atoms with E-state index in [-0.39, 0.29) is 12.8 Å². The monoisotopic (exact) mass is 260 g/mol. The molecule has 0 saturated heterocycles. The molecule has 7 nitrogen and oxygen atoms in total. The molecule has 0 fully saturated rings. The van der Waals surface area contributed by atoms with Crippen molar-refractivity contribution in [1.29, 1.82) is 0 Å². The van der Waals surface area contributed by atoms with Gasteiger partial charge in [-0.2, -0.15) is 0 Å². The highest BCUT2D eigenvalue weighted by molar-refractivity contribution is 5.81. The van der Waals surface area contributed by atoms with Crippen molar-refractivity contribution >= 4 is 18.0 Å². The molecule has 7 heteroatoms. The van der Waals surface area contributed by atoms with Crippen LogP contribution in [0.25, 0.3) is 0 Å². The lowest BCUT2D eigenvalue weighted by atomic mass is 10.1. The predicted octanol–water partition coefficient (Wildman–Crippen LogP) is -0.417. The minimum atomic E-state index is -1.31. The van der Waals surface area contributed by atoms with Crippen LogP contribution in [0.4, 0.5) is 4.79 Å². The molecule has 0 spiro atoms. The van der Waals surface area contributed by atoms with Crippen LogP contribution < -0.4 is 10.4 Å². The standard InChI is InChI=1S/C11H19NO6/c1-11(2,3)18-10(16)12-7(9(15)17-4)5-6-8(13)14/h7H,5-6H2,1-4H3,(H,12,16)(H,13,14)/p-1/t7-/m0/s1. The van der Waals surface area contributed by atoms with E-state index in [9.17, 15) is 19.5 Å². The summed E-state index contributed by atoms with van der Waals surface area (Å²) in [6, 6.07) is -1.07. The Morgan fingerprint density at radius 3 is 2.22 bits per heavy atom. The third kappa shape index (κ3) is 7.48. The van der Waals surface area contributed by atoms with Crippen molar-refractivity contribution in [3.8, 4) is 0 Å². The third-order valence-corrected chi connectivity index (χ3v) is 1.81. The van der Waals surface area contributed by atoms with E-state index in [1.54, 1.807) is 20.8 Å². The number of carbonyl (C=O) groups excluding carboxylic acids is 3. The van der Waals surface area contributed by atoms with Crippen LogP contribution in [0.1, 0.15) is 33.6 Å². The number of nitrogens with one attached hydrogen (secondary N) is 1. The first-order valence-corrected chi connectivity index (χ1v) is 5.43. The topological polar surface area (TPSA) is 105 Å². The Bertz CT molecular complexity index is 320. The number of alkyl carbamates (subject to hydrolysis) is 1. The molecule has 0 bridgehead atoms. The van der Waals surface area contributed by atoms with E-state index in [1.807, 2.05) is 0 Å². The number of ether oxygens (including phenoxy) is 2. The lowest BCUT2D eigenvalue weighted by molar-refractivity contribution is -0.305. The maximum Gasteiger partial charge on any atom is 0.408 e. The van der Waals surface area contributed by atoms with Crippen molar-refractivity contribution in [2.45, 2.75) is 45.3 Å². The van der Waals surface area contributed by atoms with Gasteiger partial charge in [-0.15, -0.1) is 0 Å². The first kappa shape index (κ1) is 16.2. The van der Waals surface area contributed by atoms with Gasteiger partial charge in [0.05, 0.1) is 7.11 Å². The maximum absolute atomic E-state index is 11.4. The molecule has 104 valence electrons. The minimum absolute atomic E-state index is 0.117. The molecule has 1 amide bonds. The summed E-state index contributed by atoms with van der Waals surface area (Å²) >= 11 is 0. The molecule has 0 aliphatic carbocycles. The molecule has 0 aliphatic rings. The summed E-state index contributed by atoms with van der Waals surface area (Å²) in [5, 5.41) is 12.6. The van der Waals surface area contributed by atoms with Crippen LogP contribution in [0, 0.1) is 0 Å². The van der Waals surface area contributed by atoms with Gasteiger partial charge in [-0.3, -0.25) is 0 Å². The van der Waals surface area contributed by atoms with Gasteiger partial charge in [0.15, 0.2) is 0 Å². The summed E-state index contributed by atoms with van der Waals surface area (Å²) in [4.78, 5) is 33.1. The fourth-order valence-electron chi connectivity index (χ4n) is 1.10. The molecule has 0 aliphatic heterocycles. The maximum atomic E-state index is 11.4. The Kier molecular flexibility index (Phi) is 6.15. The number of methoxy groups -OCH3 is 1. The molecular weight excluding hydrogens is 242 g/mol. The minimum Gasteiger partial charge on any atom is -0.550 e. The quantitative estimate of drug-likeness (QED) is 0.673. The number of esters is 1. The number of aliphatic carboxylic acids is 1. The largest absolute Gasteiger partial charge is 0.550 e. The Balaban J connectivity index is 4.45. The second-order valence-corrected chi connectivity index (χ2v) is 4.63. The van der Waals surface area contributed by atoms with E-state index in [0.717, 1.165) is 7.11 Å². The Hall–Kier alpha value is -1.79. The number of carboxylic acid groups (broad SMARTS) is 1. The van der Waals surface area contributed by atoms with Crippen molar-refractivity contribution in [3.05, 3.63) is 0 Å². The second kappa shape index (κ2) is 6.83. The zero-order valence-electron chi connectivity index (χ0n) is 10.9. The predicted molar refractivity (Wildman–Crippen MR) is 59.4 cm³/mol. The molecule has 0 aromatic heterocycles. The average molecular weight is 260 g/mol. The Morgan fingerprint density at radius 2 is 1.83 bits per heavy atom. The summed E-state index contributed by atoms with van der Waals surface area (Å²) in [5.74, 6) is -2.04. The summed E-state index contributed by atoms with van der Waals surface area (Å²) < 4.78 is 9.40. The van der Waals surface area contributed by atoms with Gasteiger partial charge < -0.3 is 24.7 Å². The molecule has 0 saturated carbocycles.